The predicted octanol–water partition coefficient (Wildman–Crippen LogP) is 3.24. The third-order valence-electron chi connectivity index (χ3n) is 4.83. The molecule has 1 N–H and O–H groups in total. The van der Waals surface area contributed by atoms with Gasteiger partial charge in [-0.2, -0.15) is 11.8 Å². The zero-order valence-electron chi connectivity index (χ0n) is 13.4. The number of nitrogens with one attached hydrogen (secondary N) is 1. The van der Waals surface area contributed by atoms with Crippen molar-refractivity contribution >= 4 is 17.7 Å². The molecular weight excluding hydrogens is 268 g/mol. The van der Waals surface area contributed by atoms with E-state index < -0.39 is 0 Å². The third kappa shape index (κ3) is 3.33. The highest BCUT2D eigenvalue weighted by Gasteiger charge is 2.43. The Morgan fingerprint density at radius 3 is 2.45 bits per heavy atom. The molecule has 1 aliphatic heterocycles. The lowest BCUT2D eigenvalue weighted by atomic mass is 9.93. The zero-order valence-corrected chi connectivity index (χ0v) is 14.2. The van der Waals surface area contributed by atoms with Crippen LogP contribution >= 0.6 is 11.8 Å². The summed E-state index contributed by atoms with van der Waals surface area (Å²) in [5, 5.41) is 4.39. The van der Waals surface area contributed by atoms with Crippen LogP contribution in [-0.2, 0) is 4.79 Å². The molecule has 0 aromatic rings. The van der Waals surface area contributed by atoms with Crippen LogP contribution in [-0.4, -0.2) is 40.6 Å². The first-order chi connectivity index (χ1) is 9.58. The first kappa shape index (κ1) is 16.2. The maximum Gasteiger partial charge on any atom is 0.241 e. The lowest BCUT2D eigenvalue weighted by molar-refractivity contribution is -0.133. The molecule has 20 heavy (non-hydrogen) atoms. The molecular formula is C16H30N2OS. The summed E-state index contributed by atoms with van der Waals surface area (Å²) in [5.74, 6) is 0.737. The molecule has 0 aromatic heterocycles. The third-order valence-corrected chi connectivity index (χ3v) is 5.97. The lowest BCUT2D eigenvalue weighted by Gasteiger charge is -2.37. The van der Waals surface area contributed by atoms with E-state index in [0.717, 1.165) is 18.1 Å². The standard InChI is InChI=1S/C16H30N2OS/c1-5-6-14-17-15(11(2)3)16(19)18(14)12-7-9-13(20-4)10-8-12/h11-15,17H,5-10H2,1-4H3. The van der Waals surface area contributed by atoms with Crippen LogP contribution in [0.1, 0.15) is 59.3 Å². The number of carbonyl (C=O) groups excluding carboxylic acids is 1. The van der Waals surface area contributed by atoms with E-state index in [1.807, 2.05) is 11.8 Å². The van der Waals surface area contributed by atoms with Crippen molar-refractivity contribution in [1.29, 1.82) is 0 Å². The minimum atomic E-state index is 0.0322. The molecule has 1 amide bonds. The van der Waals surface area contributed by atoms with Gasteiger partial charge in [0.25, 0.3) is 0 Å². The summed E-state index contributed by atoms with van der Waals surface area (Å²) in [7, 11) is 0. The summed E-state index contributed by atoms with van der Waals surface area (Å²) in [6.07, 6.45) is 9.59. The predicted molar refractivity (Wildman–Crippen MR) is 86.9 cm³/mol. The van der Waals surface area contributed by atoms with Crippen LogP contribution in [0.5, 0.6) is 0 Å². The van der Waals surface area contributed by atoms with Crippen LogP contribution in [0.3, 0.4) is 0 Å². The Bertz CT molecular complexity index is 326. The van der Waals surface area contributed by atoms with Gasteiger partial charge in [-0.15, -0.1) is 0 Å². The Labute approximate surface area is 128 Å². The molecule has 1 saturated carbocycles. The summed E-state index contributed by atoms with van der Waals surface area (Å²) in [4.78, 5) is 15.0. The van der Waals surface area contributed by atoms with E-state index in [9.17, 15) is 4.79 Å². The summed E-state index contributed by atoms with van der Waals surface area (Å²) < 4.78 is 0. The van der Waals surface area contributed by atoms with E-state index in [4.69, 9.17) is 0 Å². The fourth-order valence-corrected chi connectivity index (χ4v) is 4.38. The second-order valence-electron chi connectivity index (χ2n) is 6.60. The average Bonchev–Trinajstić information content (AvgIpc) is 2.76. The van der Waals surface area contributed by atoms with Gasteiger partial charge in [-0.05, 0) is 44.3 Å². The first-order valence-electron chi connectivity index (χ1n) is 8.19. The van der Waals surface area contributed by atoms with Gasteiger partial charge in [-0.1, -0.05) is 27.2 Å². The highest BCUT2D eigenvalue weighted by Crippen LogP contribution is 2.33. The molecule has 0 radical (unpaired) electrons. The summed E-state index contributed by atoms with van der Waals surface area (Å²) in [5.41, 5.74) is 0. The van der Waals surface area contributed by atoms with Gasteiger partial charge in [0, 0.05) is 11.3 Å². The van der Waals surface area contributed by atoms with Crippen LogP contribution < -0.4 is 5.32 Å². The molecule has 1 heterocycles. The van der Waals surface area contributed by atoms with Crippen molar-refractivity contribution in [1.82, 2.24) is 10.2 Å². The van der Waals surface area contributed by atoms with Gasteiger partial charge in [0.15, 0.2) is 0 Å². The molecule has 1 aliphatic carbocycles. The van der Waals surface area contributed by atoms with Gasteiger partial charge in [0.2, 0.25) is 5.91 Å². The normalized spacial score (nSPS) is 35.0. The number of hydrogen-bond donors (Lipinski definition) is 1. The van der Waals surface area contributed by atoms with Crippen molar-refractivity contribution in [3.8, 4) is 0 Å². The second-order valence-corrected chi connectivity index (χ2v) is 7.74. The SMILES string of the molecule is CCCC1NC(C(C)C)C(=O)N1C1CCC(SC)CC1. The van der Waals surface area contributed by atoms with E-state index in [2.05, 4.69) is 37.2 Å². The van der Waals surface area contributed by atoms with Crippen LogP contribution in [0, 0.1) is 5.92 Å². The van der Waals surface area contributed by atoms with Crippen molar-refractivity contribution in [2.24, 2.45) is 5.92 Å². The summed E-state index contributed by atoms with van der Waals surface area (Å²) >= 11 is 1.99. The van der Waals surface area contributed by atoms with E-state index >= 15 is 0 Å². The Balaban J connectivity index is 2.05. The van der Waals surface area contributed by atoms with Gasteiger partial charge in [0.1, 0.15) is 0 Å². The van der Waals surface area contributed by atoms with Crippen LogP contribution in [0.25, 0.3) is 0 Å². The van der Waals surface area contributed by atoms with Gasteiger partial charge >= 0.3 is 0 Å². The fourth-order valence-electron chi connectivity index (χ4n) is 3.64. The highest BCUT2D eigenvalue weighted by molar-refractivity contribution is 7.99. The molecule has 2 aliphatic rings. The Morgan fingerprint density at radius 2 is 1.95 bits per heavy atom. The minimum absolute atomic E-state index is 0.0322. The van der Waals surface area contributed by atoms with Crippen molar-refractivity contribution < 1.29 is 4.79 Å². The summed E-state index contributed by atoms with van der Waals surface area (Å²) in [6, 6.07) is 0.503. The van der Waals surface area contributed by atoms with Gasteiger partial charge in [0.05, 0.1) is 12.2 Å². The molecule has 1 saturated heterocycles. The van der Waals surface area contributed by atoms with Crippen molar-refractivity contribution in [2.75, 3.05) is 6.26 Å². The van der Waals surface area contributed by atoms with Gasteiger partial charge in [-0.3, -0.25) is 10.1 Å². The Kier molecular flexibility index (Phi) is 5.79. The molecule has 2 atom stereocenters. The molecule has 3 nitrogen and oxygen atoms in total. The Morgan fingerprint density at radius 1 is 1.30 bits per heavy atom. The fraction of sp³-hybridized carbons (Fsp3) is 0.938. The number of nitrogens with zero attached hydrogens (tertiary/aromatic N) is 1. The smallest absolute Gasteiger partial charge is 0.241 e. The average molecular weight is 298 g/mol. The van der Waals surface area contributed by atoms with Crippen LogP contribution in [0.2, 0.25) is 0 Å². The number of amides is 1. The lowest BCUT2D eigenvalue weighted by Crippen LogP contribution is -2.46. The minimum Gasteiger partial charge on any atom is -0.323 e. The Hall–Kier alpha value is -0.220. The van der Waals surface area contributed by atoms with Crippen molar-refractivity contribution in [3.05, 3.63) is 0 Å². The number of rotatable bonds is 5. The maximum absolute atomic E-state index is 12.7. The van der Waals surface area contributed by atoms with Gasteiger partial charge < -0.3 is 4.90 Å². The monoisotopic (exact) mass is 298 g/mol. The maximum atomic E-state index is 12.7. The quantitative estimate of drug-likeness (QED) is 0.845. The number of thioether (sulfide) groups is 1. The molecule has 0 aromatic carbocycles. The second kappa shape index (κ2) is 7.17. The molecule has 0 bridgehead atoms. The zero-order chi connectivity index (χ0) is 14.7. The molecule has 116 valence electrons. The topological polar surface area (TPSA) is 32.3 Å². The van der Waals surface area contributed by atoms with Crippen LogP contribution in [0.4, 0.5) is 0 Å². The van der Waals surface area contributed by atoms with Crippen LogP contribution in [0.15, 0.2) is 0 Å². The summed E-state index contributed by atoms with van der Waals surface area (Å²) in [6.45, 7) is 6.50. The van der Waals surface area contributed by atoms with Crippen molar-refractivity contribution in [3.63, 3.8) is 0 Å². The highest BCUT2D eigenvalue weighted by atomic mass is 32.2. The van der Waals surface area contributed by atoms with E-state index in [0.29, 0.717) is 17.9 Å². The molecule has 0 spiro atoms. The first-order valence-corrected chi connectivity index (χ1v) is 9.48. The number of hydrogen-bond acceptors (Lipinski definition) is 3. The molecule has 2 unspecified atom stereocenters. The van der Waals surface area contributed by atoms with E-state index in [1.54, 1.807) is 0 Å². The molecule has 4 heteroatoms. The van der Waals surface area contributed by atoms with Crippen molar-refractivity contribution in [2.45, 2.75) is 82.8 Å². The molecule has 2 fully saturated rings. The van der Waals surface area contributed by atoms with E-state index in [1.165, 1.54) is 25.7 Å². The number of carbonyl (C=O) groups is 1. The largest absolute Gasteiger partial charge is 0.323 e. The molecule has 2 rings (SSSR count). The van der Waals surface area contributed by atoms with Gasteiger partial charge in [-0.25, -0.2) is 0 Å². The van der Waals surface area contributed by atoms with E-state index in [-0.39, 0.29) is 12.2 Å².